The number of non-ortho nitro benzene ring substituents is 1. The number of nitrogens with zero attached hydrogens (tertiary/aromatic N) is 1. The van der Waals surface area contributed by atoms with Crippen LogP contribution in [0.3, 0.4) is 0 Å². The summed E-state index contributed by atoms with van der Waals surface area (Å²) >= 11 is 0. The molecule has 0 atom stereocenters. The number of benzene rings is 3. The molecule has 0 saturated carbocycles. The van der Waals surface area contributed by atoms with Crippen molar-refractivity contribution in [3.05, 3.63) is 93.5 Å². The molecule has 0 bridgehead atoms. The molecule has 26 heavy (non-hydrogen) atoms. The van der Waals surface area contributed by atoms with Gasteiger partial charge in [0.1, 0.15) is 5.75 Å². The van der Waals surface area contributed by atoms with Crippen molar-refractivity contribution in [1.82, 2.24) is 0 Å². The first-order chi connectivity index (χ1) is 12.4. The number of esters is 1. The smallest absolute Gasteiger partial charge is 0.343 e. The van der Waals surface area contributed by atoms with Crippen LogP contribution in [0, 0.1) is 24.0 Å². The standard InChI is InChI=1S/C21H17NO4/c1-14-4-3-5-17(12-14)18-8-11-20(15(2)13-18)26-21(23)16-6-9-19(10-7-16)22(24)25/h3-13H,1-2H3. The van der Waals surface area contributed by atoms with Crippen LogP contribution in [0.2, 0.25) is 0 Å². The number of nitro benzene ring substituents is 1. The van der Waals surface area contributed by atoms with Crippen molar-refractivity contribution < 1.29 is 14.5 Å². The third-order valence-electron chi connectivity index (χ3n) is 4.04. The topological polar surface area (TPSA) is 69.4 Å². The van der Waals surface area contributed by atoms with Crippen LogP contribution >= 0.6 is 0 Å². The first-order valence-electron chi connectivity index (χ1n) is 8.08. The van der Waals surface area contributed by atoms with Gasteiger partial charge in [0, 0.05) is 12.1 Å². The van der Waals surface area contributed by atoms with Crippen molar-refractivity contribution in [1.29, 1.82) is 0 Å². The number of hydrogen-bond donors (Lipinski definition) is 0. The summed E-state index contributed by atoms with van der Waals surface area (Å²) < 4.78 is 5.44. The third kappa shape index (κ3) is 3.78. The van der Waals surface area contributed by atoms with Gasteiger partial charge >= 0.3 is 5.97 Å². The summed E-state index contributed by atoms with van der Waals surface area (Å²) in [5.41, 5.74) is 4.34. The molecule has 5 heteroatoms. The van der Waals surface area contributed by atoms with E-state index < -0.39 is 10.9 Å². The lowest BCUT2D eigenvalue weighted by molar-refractivity contribution is -0.384. The fourth-order valence-corrected chi connectivity index (χ4v) is 2.65. The van der Waals surface area contributed by atoms with E-state index in [4.69, 9.17) is 4.74 Å². The molecule has 0 heterocycles. The summed E-state index contributed by atoms with van der Waals surface area (Å²) in [5.74, 6) is -0.0870. The molecule has 0 radical (unpaired) electrons. The average molecular weight is 347 g/mol. The Hall–Kier alpha value is -3.47. The average Bonchev–Trinajstić information content (AvgIpc) is 2.63. The summed E-state index contributed by atoms with van der Waals surface area (Å²) in [6.07, 6.45) is 0. The van der Waals surface area contributed by atoms with Crippen molar-refractivity contribution in [2.75, 3.05) is 0 Å². The molecule has 3 aromatic carbocycles. The van der Waals surface area contributed by atoms with E-state index in [1.165, 1.54) is 29.8 Å². The molecule has 0 aromatic heterocycles. The van der Waals surface area contributed by atoms with Crippen LogP contribution in [0.5, 0.6) is 5.75 Å². The third-order valence-corrected chi connectivity index (χ3v) is 4.04. The predicted molar refractivity (Wildman–Crippen MR) is 99.4 cm³/mol. The quantitative estimate of drug-likeness (QED) is 0.285. The van der Waals surface area contributed by atoms with E-state index in [0.717, 1.165) is 16.7 Å². The zero-order valence-electron chi connectivity index (χ0n) is 14.4. The Morgan fingerprint density at radius 1 is 0.923 bits per heavy atom. The highest BCUT2D eigenvalue weighted by Gasteiger charge is 2.13. The fraction of sp³-hybridized carbons (Fsp3) is 0.0952. The second-order valence-corrected chi connectivity index (χ2v) is 6.04. The lowest BCUT2D eigenvalue weighted by atomic mass is 10.0. The molecule has 0 saturated heterocycles. The lowest BCUT2D eigenvalue weighted by Gasteiger charge is -2.10. The second-order valence-electron chi connectivity index (χ2n) is 6.04. The van der Waals surface area contributed by atoms with Crippen LogP contribution in [0.4, 0.5) is 5.69 Å². The molecule has 0 aliphatic rings. The van der Waals surface area contributed by atoms with Gasteiger partial charge in [0.2, 0.25) is 0 Å². The van der Waals surface area contributed by atoms with E-state index in [1.807, 2.05) is 44.2 Å². The number of ether oxygens (including phenoxy) is 1. The number of rotatable bonds is 4. The van der Waals surface area contributed by atoms with Crippen LogP contribution in [-0.2, 0) is 0 Å². The molecule has 3 rings (SSSR count). The summed E-state index contributed by atoms with van der Waals surface area (Å²) in [6, 6.07) is 19.1. The normalized spacial score (nSPS) is 10.4. The predicted octanol–water partition coefficient (Wildman–Crippen LogP) is 5.10. The molecule has 0 amide bonds. The van der Waals surface area contributed by atoms with Crippen molar-refractivity contribution >= 4 is 11.7 Å². The molecule has 0 spiro atoms. The highest BCUT2D eigenvalue weighted by atomic mass is 16.6. The zero-order valence-corrected chi connectivity index (χ0v) is 14.4. The Bertz CT molecular complexity index is 978. The summed E-state index contributed by atoms with van der Waals surface area (Å²) in [6.45, 7) is 3.91. The highest BCUT2D eigenvalue weighted by molar-refractivity contribution is 5.91. The van der Waals surface area contributed by atoms with Crippen LogP contribution < -0.4 is 4.74 Å². The van der Waals surface area contributed by atoms with Gasteiger partial charge in [-0.3, -0.25) is 10.1 Å². The fourth-order valence-electron chi connectivity index (χ4n) is 2.65. The molecule has 5 nitrogen and oxygen atoms in total. The van der Waals surface area contributed by atoms with Crippen LogP contribution in [0.1, 0.15) is 21.5 Å². The number of nitro groups is 1. The van der Waals surface area contributed by atoms with E-state index in [9.17, 15) is 14.9 Å². The Kier molecular flexibility index (Phi) is 4.80. The SMILES string of the molecule is Cc1cccc(-c2ccc(OC(=O)c3ccc([N+](=O)[O-])cc3)c(C)c2)c1. The van der Waals surface area contributed by atoms with Crippen molar-refractivity contribution in [2.45, 2.75) is 13.8 Å². The van der Waals surface area contributed by atoms with E-state index in [0.29, 0.717) is 5.75 Å². The minimum absolute atomic E-state index is 0.0692. The number of carbonyl (C=O) groups is 1. The van der Waals surface area contributed by atoms with E-state index in [1.54, 1.807) is 6.07 Å². The van der Waals surface area contributed by atoms with E-state index in [2.05, 4.69) is 6.07 Å². The Morgan fingerprint density at radius 3 is 2.23 bits per heavy atom. The number of aryl methyl sites for hydroxylation is 2. The maximum absolute atomic E-state index is 12.3. The molecular weight excluding hydrogens is 330 g/mol. The monoisotopic (exact) mass is 347 g/mol. The largest absolute Gasteiger partial charge is 0.423 e. The summed E-state index contributed by atoms with van der Waals surface area (Å²) in [7, 11) is 0. The van der Waals surface area contributed by atoms with Crippen molar-refractivity contribution in [2.24, 2.45) is 0 Å². The molecule has 0 fully saturated rings. The Morgan fingerprint density at radius 2 is 1.62 bits per heavy atom. The number of hydrogen-bond acceptors (Lipinski definition) is 4. The van der Waals surface area contributed by atoms with Gasteiger partial charge in [0.15, 0.2) is 0 Å². The zero-order chi connectivity index (χ0) is 18.7. The second kappa shape index (κ2) is 7.19. The number of carbonyl (C=O) groups excluding carboxylic acids is 1. The van der Waals surface area contributed by atoms with Gasteiger partial charge in [-0.15, -0.1) is 0 Å². The summed E-state index contributed by atoms with van der Waals surface area (Å²) in [4.78, 5) is 22.4. The first-order valence-corrected chi connectivity index (χ1v) is 8.08. The maximum atomic E-state index is 12.3. The molecule has 130 valence electrons. The lowest BCUT2D eigenvalue weighted by Crippen LogP contribution is -2.09. The van der Waals surface area contributed by atoms with E-state index >= 15 is 0 Å². The van der Waals surface area contributed by atoms with Gasteiger partial charge in [-0.1, -0.05) is 35.9 Å². The van der Waals surface area contributed by atoms with Gasteiger partial charge < -0.3 is 4.74 Å². The maximum Gasteiger partial charge on any atom is 0.343 e. The van der Waals surface area contributed by atoms with Gasteiger partial charge in [-0.05, 0) is 54.8 Å². The van der Waals surface area contributed by atoms with Crippen molar-refractivity contribution in [3.8, 4) is 16.9 Å². The molecule has 3 aromatic rings. The van der Waals surface area contributed by atoms with Gasteiger partial charge in [-0.2, -0.15) is 0 Å². The van der Waals surface area contributed by atoms with Gasteiger partial charge in [0.05, 0.1) is 10.5 Å². The Labute approximate surface area is 151 Å². The summed E-state index contributed by atoms with van der Waals surface area (Å²) in [5, 5.41) is 10.7. The van der Waals surface area contributed by atoms with Crippen LogP contribution in [-0.4, -0.2) is 10.9 Å². The van der Waals surface area contributed by atoms with Gasteiger partial charge in [0.25, 0.3) is 5.69 Å². The molecule has 0 N–H and O–H groups in total. The molecular formula is C21H17NO4. The first kappa shape index (κ1) is 17.4. The molecule has 0 aliphatic carbocycles. The minimum Gasteiger partial charge on any atom is -0.423 e. The van der Waals surface area contributed by atoms with Crippen molar-refractivity contribution in [3.63, 3.8) is 0 Å². The van der Waals surface area contributed by atoms with E-state index in [-0.39, 0.29) is 11.3 Å². The molecule has 0 aliphatic heterocycles. The molecule has 0 unspecified atom stereocenters. The van der Waals surface area contributed by atoms with Gasteiger partial charge in [-0.25, -0.2) is 4.79 Å². The minimum atomic E-state index is -0.550. The van der Waals surface area contributed by atoms with Crippen LogP contribution in [0.15, 0.2) is 66.7 Å². The highest BCUT2D eigenvalue weighted by Crippen LogP contribution is 2.27. The Balaban J connectivity index is 1.79. The van der Waals surface area contributed by atoms with Crippen LogP contribution in [0.25, 0.3) is 11.1 Å².